The van der Waals surface area contributed by atoms with Crippen LogP contribution in [0.4, 0.5) is 0 Å². The van der Waals surface area contributed by atoms with Crippen molar-refractivity contribution in [2.24, 2.45) is 5.92 Å². The van der Waals surface area contributed by atoms with Gasteiger partial charge in [0.1, 0.15) is 6.04 Å². The number of ether oxygens (including phenoxy) is 1. The molecule has 6 heteroatoms. The topological polar surface area (TPSA) is 83.9 Å². The van der Waals surface area contributed by atoms with Crippen LogP contribution in [0.1, 0.15) is 12.8 Å². The van der Waals surface area contributed by atoms with Gasteiger partial charge < -0.3 is 14.7 Å². The number of rotatable bonds is 2. The fraction of sp³-hybridized carbons (Fsp3) is 0.667. The highest BCUT2D eigenvalue weighted by Crippen LogP contribution is 2.24. The van der Waals surface area contributed by atoms with Crippen LogP contribution in [-0.2, 0) is 19.1 Å². The summed E-state index contributed by atoms with van der Waals surface area (Å²) in [5.41, 5.74) is 0. The second-order valence-corrected chi connectivity index (χ2v) is 3.76. The Morgan fingerprint density at radius 3 is 2.67 bits per heavy atom. The molecule has 2 aliphatic rings. The predicted octanol–water partition coefficient (Wildman–Crippen LogP) is -0.765. The molecule has 0 aromatic heterocycles. The average Bonchev–Trinajstić information content (AvgIpc) is 2.71. The van der Waals surface area contributed by atoms with Gasteiger partial charge in [-0.2, -0.15) is 0 Å². The molecule has 1 N–H and O–H groups in total. The number of carbonyl (C=O) groups excluding carboxylic acids is 2. The molecule has 0 bridgehead atoms. The van der Waals surface area contributed by atoms with Crippen LogP contribution in [0, 0.1) is 5.92 Å². The van der Waals surface area contributed by atoms with Gasteiger partial charge in [0.05, 0.1) is 12.5 Å². The van der Waals surface area contributed by atoms with Crippen molar-refractivity contribution in [3.63, 3.8) is 0 Å². The van der Waals surface area contributed by atoms with Gasteiger partial charge >= 0.3 is 11.9 Å². The first-order valence-electron chi connectivity index (χ1n) is 4.78. The summed E-state index contributed by atoms with van der Waals surface area (Å²) in [6.07, 6.45) is 0.454. The molecule has 0 radical (unpaired) electrons. The summed E-state index contributed by atoms with van der Waals surface area (Å²) in [5, 5.41) is 8.76. The van der Waals surface area contributed by atoms with Crippen molar-refractivity contribution in [3.8, 4) is 0 Å². The molecule has 2 unspecified atom stereocenters. The van der Waals surface area contributed by atoms with E-state index in [-0.39, 0.29) is 18.9 Å². The minimum atomic E-state index is -0.989. The fourth-order valence-electron chi connectivity index (χ4n) is 1.97. The molecule has 2 heterocycles. The number of cyclic esters (lactones) is 1. The molecular formula is C9H11NO5. The zero-order valence-electron chi connectivity index (χ0n) is 8.01. The van der Waals surface area contributed by atoms with Crippen LogP contribution in [-0.4, -0.2) is 47.0 Å². The molecule has 0 saturated carbocycles. The maximum absolute atomic E-state index is 11.5. The van der Waals surface area contributed by atoms with Gasteiger partial charge in [-0.05, 0) is 0 Å². The Bertz CT molecular complexity index is 326. The number of amides is 1. The Balaban J connectivity index is 2.08. The summed E-state index contributed by atoms with van der Waals surface area (Å²) in [6, 6.07) is -0.568. The summed E-state index contributed by atoms with van der Waals surface area (Å²) in [7, 11) is 0. The number of likely N-dealkylation sites (tertiary alicyclic amines) is 1. The van der Waals surface area contributed by atoms with E-state index in [0.717, 1.165) is 0 Å². The van der Waals surface area contributed by atoms with Crippen molar-refractivity contribution in [2.45, 2.75) is 18.9 Å². The maximum Gasteiger partial charge on any atom is 0.328 e. The van der Waals surface area contributed by atoms with Crippen LogP contribution in [0.2, 0.25) is 0 Å². The molecular weight excluding hydrogens is 202 g/mol. The fourth-order valence-corrected chi connectivity index (χ4v) is 1.97. The SMILES string of the molecule is O=C(O)C1CC(=O)N(C2CCOC2=O)C1. The van der Waals surface area contributed by atoms with E-state index >= 15 is 0 Å². The molecule has 0 aliphatic carbocycles. The summed E-state index contributed by atoms with van der Waals surface area (Å²) < 4.78 is 4.74. The van der Waals surface area contributed by atoms with Gasteiger partial charge in [-0.3, -0.25) is 9.59 Å². The van der Waals surface area contributed by atoms with Crippen molar-refractivity contribution < 1.29 is 24.2 Å². The lowest BCUT2D eigenvalue weighted by Gasteiger charge is -2.20. The molecule has 6 nitrogen and oxygen atoms in total. The normalized spacial score (nSPS) is 30.8. The minimum Gasteiger partial charge on any atom is -0.481 e. The molecule has 2 rings (SSSR count). The first-order valence-corrected chi connectivity index (χ1v) is 4.78. The quantitative estimate of drug-likeness (QED) is 0.609. The Morgan fingerprint density at radius 2 is 2.20 bits per heavy atom. The van der Waals surface area contributed by atoms with Crippen molar-refractivity contribution in [3.05, 3.63) is 0 Å². The van der Waals surface area contributed by atoms with E-state index in [1.54, 1.807) is 0 Å². The van der Waals surface area contributed by atoms with E-state index in [9.17, 15) is 14.4 Å². The van der Waals surface area contributed by atoms with E-state index in [4.69, 9.17) is 9.84 Å². The Hall–Kier alpha value is -1.59. The first kappa shape index (κ1) is 9.95. The lowest BCUT2D eigenvalue weighted by Crippen LogP contribution is -2.39. The second kappa shape index (κ2) is 3.52. The van der Waals surface area contributed by atoms with Gasteiger partial charge in [0.25, 0.3) is 0 Å². The van der Waals surface area contributed by atoms with E-state index in [2.05, 4.69) is 0 Å². The van der Waals surface area contributed by atoms with E-state index in [1.165, 1.54) is 4.90 Å². The van der Waals surface area contributed by atoms with Gasteiger partial charge in [0.15, 0.2) is 0 Å². The van der Waals surface area contributed by atoms with Crippen LogP contribution in [0.3, 0.4) is 0 Å². The summed E-state index contributed by atoms with van der Waals surface area (Å²) in [4.78, 5) is 34.7. The monoisotopic (exact) mass is 213 g/mol. The molecule has 0 aromatic carbocycles. The standard InChI is InChI=1S/C9H11NO5/c11-7-3-5(8(12)13)4-10(7)6-1-2-15-9(6)14/h5-6H,1-4H2,(H,12,13). The number of carboxylic acid groups (broad SMARTS) is 1. The molecule has 2 atom stereocenters. The largest absolute Gasteiger partial charge is 0.481 e. The third-order valence-corrected chi connectivity index (χ3v) is 2.79. The minimum absolute atomic E-state index is 0.0148. The van der Waals surface area contributed by atoms with Crippen LogP contribution in [0.25, 0.3) is 0 Å². The van der Waals surface area contributed by atoms with Crippen LogP contribution < -0.4 is 0 Å². The number of nitrogens with zero attached hydrogens (tertiary/aromatic N) is 1. The van der Waals surface area contributed by atoms with Crippen molar-refractivity contribution in [1.29, 1.82) is 0 Å². The van der Waals surface area contributed by atoms with Crippen LogP contribution >= 0.6 is 0 Å². The molecule has 82 valence electrons. The van der Waals surface area contributed by atoms with E-state index in [0.29, 0.717) is 13.0 Å². The van der Waals surface area contributed by atoms with Gasteiger partial charge in [-0.25, -0.2) is 4.79 Å². The van der Waals surface area contributed by atoms with E-state index in [1.807, 2.05) is 0 Å². The lowest BCUT2D eigenvalue weighted by molar-refractivity contribution is -0.146. The van der Waals surface area contributed by atoms with Gasteiger partial charge in [-0.1, -0.05) is 0 Å². The molecule has 0 aromatic rings. The van der Waals surface area contributed by atoms with Gasteiger partial charge in [-0.15, -0.1) is 0 Å². The van der Waals surface area contributed by atoms with Gasteiger partial charge in [0.2, 0.25) is 5.91 Å². The number of hydrogen-bond acceptors (Lipinski definition) is 4. The third-order valence-electron chi connectivity index (χ3n) is 2.79. The highest BCUT2D eigenvalue weighted by atomic mass is 16.5. The molecule has 1 amide bonds. The second-order valence-electron chi connectivity index (χ2n) is 3.76. The summed E-state index contributed by atoms with van der Waals surface area (Å²) in [5.74, 6) is -2.37. The van der Waals surface area contributed by atoms with Crippen LogP contribution in [0.15, 0.2) is 0 Å². The molecule has 2 saturated heterocycles. The average molecular weight is 213 g/mol. The first-order chi connectivity index (χ1) is 7.09. The Morgan fingerprint density at radius 1 is 1.47 bits per heavy atom. The molecule has 2 fully saturated rings. The van der Waals surface area contributed by atoms with Crippen LogP contribution in [0.5, 0.6) is 0 Å². The summed E-state index contributed by atoms with van der Waals surface area (Å²) >= 11 is 0. The zero-order chi connectivity index (χ0) is 11.0. The lowest BCUT2D eigenvalue weighted by atomic mass is 10.1. The number of carbonyl (C=O) groups is 3. The number of aliphatic carboxylic acids is 1. The predicted molar refractivity (Wildman–Crippen MR) is 46.8 cm³/mol. The van der Waals surface area contributed by atoms with Gasteiger partial charge in [0, 0.05) is 19.4 Å². The smallest absolute Gasteiger partial charge is 0.328 e. The Kier molecular flexibility index (Phi) is 2.34. The Labute approximate surface area is 85.8 Å². The highest BCUT2D eigenvalue weighted by Gasteiger charge is 2.42. The maximum atomic E-state index is 11.5. The summed E-state index contributed by atoms with van der Waals surface area (Å²) in [6.45, 7) is 0.430. The van der Waals surface area contributed by atoms with E-state index < -0.39 is 23.9 Å². The van der Waals surface area contributed by atoms with Crippen molar-refractivity contribution >= 4 is 17.8 Å². The number of esters is 1. The molecule has 0 spiro atoms. The molecule has 15 heavy (non-hydrogen) atoms. The van der Waals surface area contributed by atoms with Crippen molar-refractivity contribution in [1.82, 2.24) is 4.90 Å². The molecule has 2 aliphatic heterocycles. The zero-order valence-corrected chi connectivity index (χ0v) is 8.01. The van der Waals surface area contributed by atoms with Crippen molar-refractivity contribution in [2.75, 3.05) is 13.2 Å². The number of hydrogen-bond donors (Lipinski definition) is 1. The number of carboxylic acids is 1. The highest BCUT2D eigenvalue weighted by molar-refractivity contribution is 5.90. The third kappa shape index (κ3) is 1.67.